The topological polar surface area (TPSA) is 123 Å². The van der Waals surface area contributed by atoms with Crippen molar-refractivity contribution in [2.24, 2.45) is 5.11 Å². The summed E-state index contributed by atoms with van der Waals surface area (Å²) < 4.78 is 0. The number of aromatic carboxylic acids is 1. The third-order valence-corrected chi connectivity index (χ3v) is 2.66. The fourth-order valence-corrected chi connectivity index (χ4v) is 1.84. The van der Waals surface area contributed by atoms with Crippen molar-refractivity contribution in [2.75, 3.05) is 4.90 Å². The molecule has 0 saturated carbocycles. The van der Waals surface area contributed by atoms with Gasteiger partial charge in [0, 0.05) is 23.4 Å². The molecule has 0 spiro atoms. The van der Waals surface area contributed by atoms with E-state index >= 15 is 0 Å². The third kappa shape index (κ3) is 2.24. The summed E-state index contributed by atoms with van der Waals surface area (Å²) in [5, 5.41) is 12.4. The molecule has 1 aliphatic heterocycles. The average Bonchev–Trinajstić information content (AvgIpc) is 2.69. The largest absolute Gasteiger partial charge is 0.478 e. The number of carboxylic acids is 1. The monoisotopic (exact) mass is 260 g/mol. The van der Waals surface area contributed by atoms with Crippen molar-refractivity contribution < 1.29 is 19.5 Å². The van der Waals surface area contributed by atoms with Gasteiger partial charge in [-0.1, -0.05) is 11.2 Å². The van der Waals surface area contributed by atoms with Crippen molar-refractivity contribution >= 4 is 29.2 Å². The second-order valence-corrected chi connectivity index (χ2v) is 3.82. The molecule has 1 aromatic carbocycles. The van der Waals surface area contributed by atoms with Crippen LogP contribution in [-0.4, -0.2) is 22.9 Å². The van der Waals surface area contributed by atoms with Crippen LogP contribution in [0.3, 0.4) is 0 Å². The minimum atomic E-state index is -1.27. The molecule has 1 fully saturated rings. The highest BCUT2D eigenvalue weighted by Gasteiger charge is 2.33. The number of carboxylic acid groups (broad SMARTS) is 1. The quantitative estimate of drug-likeness (QED) is 0.386. The summed E-state index contributed by atoms with van der Waals surface area (Å²) in [6.45, 7) is 0. The molecule has 1 N–H and O–H groups in total. The molecule has 1 heterocycles. The zero-order chi connectivity index (χ0) is 14.0. The molecule has 0 unspecified atom stereocenters. The van der Waals surface area contributed by atoms with Crippen molar-refractivity contribution in [1.29, 1.82) is 0 Å². The van der Waals surface area contributed by atoms with Crippen LogP contribution in [0.15, 0.2) is 23.3 Å². The first kappa shape index (κ1) is 12.6. The average molecular weight is 260 g/mol. The van der Waals surface area contributed by atoms with Gasteiger partial charge in [0.25, 0.3) is 0 Å². The molecule has 2 rings (SSSR count). The molecule has 0 bridgehead atoms. The number of hydrogen-bond donors (Lipinski definition) is 1. The molecule has 0 atom stereocenters. The van der Waals surface area contributed by atoms with Gasteiger partial charge in [-0.15, -0.1) is 0 Å². The van der Waals surface area contributed by atoms with Gasteiger partial charge in [0.2, 0.25) is 11.8 Å². The number of imide groups is 1. The Bertz CT molecular complexity index is 618. The smallest absolute Gasteiger partial charge is 0.337 e. The number of amides is 2. The van der Waals surface area contributed by atoms with E-state index in [-0.39, 0.29) is 29.8 Å². The van der Waals surface area contributed by atoms with E-state index in [1.54, 1.807) is 0 Å². The van der Waals surface area contributed by atoms with Gasteiger partial charge >= 0.3 is 5.97 Å². The van der Waals surface area contributed by atoms with E-state index in [0.717, 1.165) is 4.90 Å². The zero-order valence-electron chi connectivity index (χ0n) is 9.61. The van der Waals surface area contributed by atoms with Gasteiger partial charge < -0.3 is 5.11 Å². The number of carbonyl (C=O) groups excluding carboxylic acids is 2. The summed E-state index contributed by atoms with van der Waals surface area (Å²) in [4.78, 5) is 37.8. The van der Waals surface area contributed by atoms with Gasteiger partial charge in [-0.3, -0.25) is 9.59 Å². The Balaban J connectivity index is 2.60. The van der Waals surface area contributed by atoms with E-state index < -0.39 is 17.8 Å². The Labute approximate surface area is 106 Å². The maximum Gasteiger partial charge on any atom is 0.337 e. The fourth-order valence-electron chi connectivity index (χ4n) is 1.84. The lowest BCUT2D eigenvalue weighted by molar-refractivity contribution is -0.121. The molecule has 1 aromatic rings. The highest BCUT2D eigenvalue weighted by molar-refractivity contribution is 6.22. The lowest BCUT2D eigenvalue weighted by Gasteiger charge is -2.16. The minimum Gasteiger partial charge on any atom is -0.478 e. The zero-order valence-corrected chi connectivity index (χ0v) is 9.61. The molecule has 0 aromatic heterocycles. The summed E-state index contributed by atoms with van der Waals surface area (Å²) in [7, 11) is 0. The summed E-state index contributed by atoms with van der Waals surface area (Å²) in [5.41, 5.74) is 8.23. The molecule has 8 nitrogen and oxygen atoms in total. The number of carbonyl (C=O) groups is 3. The first-order chi connectivity index (χ1) is 9.04. The van der Waals surface area contributed by atoms with E-state index in [9.17, 15) is 14.4 Å². The number of benzene rings is 1. The van der Waals surface area contributed by atoms with Crippen molar-refractivity contribution in [2.45, 2.75) is 12.8 Å². The van der Waals surface area contributed by atoms with Crippen LogP contribution in [0.5, 0.6) is 0 Å². The van der Waals surface area contributed by atoms with Crippen molar-refractivity contribution in [3.63, 3.8) is 0 Å². The van der Waals surface area contributed by atoms with Gasteiger partial charge in [0.1, 0.15) is 0 Å². The van der Waals surface area contributed by atoms with Crippen LogP contribution in [0, 0.1) is 0 Å². The van der Waals surface area contributed by atoms with Gasteiger partial charge in [0.15, 0.2) is 0 Å². The van der Waals surface area contributed by atoms with E-state index in [1.165, 1.54) is 18.2 Å². The molecule has 0 radical (unpaired) electrons. The SMILES string of the molecule is [N-]=[N+]=Nc1ccc(C(=O)O)c(N2C(=O)CCC2=O)c1. The summed E-state index contributed by atoms with van der Waals surface area (Å²) >= 11 is 0. The first-order valence-electron chi connectivity index (χ1n) is 5.33. The second-order valence-electron chi connectivity index (χ2n) is 3.82. The Morgan fingerprint density at radius 1 is 1.32 bits per heavy atom. The lowest BCUT2D eigenvalue weighted by Crippen LogP contribution is -2.30. The number of azide groups is 1. The number of hydrogen-bond acceptors (Lipinski definition) is 4. The Kier molecular flexibility index (Phi) is 3.17. The van der Waals surface area contributed by atoms with Crippen LogP contribution >= 0.6 is 0 Å². The van der Waals surface area contributed by atoms with Crippen molar-refractivity contribution in [1.82, 2.24) is 0 Å². The molecule has 96 valence electrons. The van der Waals surface area contributed by atoms with Gasteiger partial charge in [-0.05, 0) is 17.7 Å². The minimum absolute atomic E-state index is 0.0453. The fraction of sp³-hybridized carbons (Fsp3) is 0.182. The standard InChI is InChI=1S/C11H8N4O4/c12-14-13-6-1-2-7(11(18)19)8(5-6)15-9(16)3-4-10(15)17/h1-2,5H,3-4H2,(H,18,19). The van der Waals surface area contributed by atoms with E-state index in [0.29, 0.717) is 0 Å². The number of anilines is 1. The van der Waals surface area contributed by atoms with Crippen LogP contribution in [0.25, 0.3) is 10.4 Å². The number of nitrogens with zero attached hydrogens (tertiary/aromatic N) is 4. The molecule has 1 saturated heterocycles. The van der Waals surface area contributed by atoms with E-state index in [1.807, 2.05) is 0 Å². The third-order valence-electron chi connectivity index (χ3n) is 2.66. The van der Waals surface area contributed by atoms with Crippen LogP contribution in [0.2, 0.25) is 0 Å². The summed E-state index contributed by atoms with van der Waals surface area (Å²) in [6.07, 6.45) is 0.0906. The normalized spacial score (nSPS) is 14.4. The maximum atomic E-state index is 11.6. The molecule has 8 heteroatoms. The van der Waals surface area contributed by atoms with Crippen LogP contribution in [0.4, 0.5) is 11.4 Å². The molecule has 2 amide bonds. The molecular weight excluding hydrogens is 252 g/mol. The number of rotatable bonds is 3. The molecule has 1 aliphatic rings. The summed E-state index contributed by atoms with van der Waals surface area (Å²) in [6, 6.07) is 3.71. The maximum absolute atomic E-state index is 11.6. The van der Waals surface area contributed by atoms with Crippen LogP contribution in [0.1, 0.15) is 23.2 Å². The predicted octanol–water partition coefficient (Wildman–Crippen LogP) is 1.98. The van der Waals surface area contributed by atoms with Crippen LogP contribution in [-0.2, 0) is 9.59 Å². The Hall–Kier alpha value is -2.86. The van der Waals surface area contributed by atoms with Gasteiger partial charge in [-0.25, -0.2) is 9.69 Å². The molecule has 19 heavy (non-hydrogen) atoms. The summed E-state index contributed by atoms with van der Waals surface area (Å²) in [5.74, 6) is -2.20. The predicted molar refractivity (Wildman–Crippen MR) is 63.9 cm³/mol. The van der Waals surface area contributed by atoms with Crippen LogP contribution < -0.4 is 4.90 Å². The molecular formula is C11H8N4O4. The van der Waals surface area contributed by atoms with Gasteiger partial charge in [-0.2, -0.15) is 0 Å². The first-order valence-corrected chi connectivity index (χ1v) is 5.33. The Morgan fingerprint density at radius 3 is 2.47 bits per heavy atom. The highest BCUT2D eigenvalue weighted by atomic mass is 16.4. The highest BCUT2D eigenvalue weighted by Crippen LogP contribution is 2.30. The van der Waals surface area contributed by atoms with Gasteiger partial charge in [0.05, 0.1) is 11.3 Å². The van der Waals surface area contributed by atoms with E-state index in [2.05, 4.69) is 10.0 Å². The van der Waals surface area contributed by atoms with Crippen molar-refractivity contribution in [3.05, 3.63) is 34.2 Å². The second kappa shape index (κ2) is 4.79. The Morgan fingerprint density at radius 2 is 1.95 bits per heavy atom. The molecule has 0 aliphatic carbocycles. The van der Waals surface area contributed by atoms with E-state index in [4.69, 9.17) is 10.6 Å². The van der Waals surface area contributed by atoms with Crippen molar-refractivity contribution in [3.8, 4) is 0 Å². The lowest BCUT2D eigenvalue weighted by atomic mass is 10.1.